The zero-order chi connectivity index (χ0) is 10.6. The average Bonchev–Trinajstić information content (AvgIpc) is 2.20. The standard InChI is InChI=1S/C9H13NO4/c1-13-8-3-6(11)4-9(14-2)7(8)5-10-12/h3-4,10-12H,5H2,1-2H3. The first kappa shape index (κ1) is 10.6. The average molecular weight is 199 g/mol. The van der Waals surface area contributed by atoms with Gasteiger partial charge in [0.25, 0.3) is 0 Å². The Balaban J connectivity index is 3.18. The number of phenols is 1. The molecule has 0 radical (unpaired) electrons. The van der Waals surface area contributed by atoms with E-state index in [1.807, 2.05) is 5.48 Å². The fraction of sp³-hybridized carbons (Fsp3) is 0.333. The summed E-state index contributed by atoms with van der Waals surface area (Å²) >= 11 is 0. The Labute approximate surface area is 81.8 Å². The Morgan fingerprint density at radius 2 is 1.71 bits per heavy atom. The van der Waals surface area contributed by atoms with Crippen LogP contribution in [0.2, 0.25) is 0 Å². The van der Waals surface area contributed by atoms with Gasteiger partial charge in [0.05, 0.1) is 26.3 Å². The minimum Gasteiger partial charge on any atom is -0.508 e. The van der Waals surface area contributed by atoms with Gasteiger partial charge in [0.2, 0.25) is 0 Å². The minimum absolute atomic E-state index is 0.0559. The number of hydrogen-bond donors (Lipinski definition) is 3. The Hall–Kier alpha value is -1.46. The van der Waals surface area contributed by atoms with Crippen LogP contribution < -0.4 is 15.0 Å². The maximum atomic E-state index is 9.31. The van der Waals surface area contributed by atoms with E-state index in [2.05, 4.69) is 0 Å². The molecular weight excluding hydrogens is 186 g/mol. The minimum atomic E-state index is 0.0559. The van der Waals surface area contributed by atoms with Crippen molar-refractivity contribution >= 4 is 0 Å². The maximum absolute atomic E-state index is 9.31. The monoisotopic (exact) mass is 199 g/mol. The maximum Gasteiger partial charge on any atom is 0.130 e. The molecule has 0 aliphatic heterocycles. The molecule has 5 nitrogen and oxygen atoms in total. The summed E-state index contributed by atoms with van der Waals surface area (Å²) in [4.78, 5) is 0. The summed E-state index contributed by atoms with van der Waals surface area (Å²) in [6.07, 6.45) is 0. The van der Waals surface area contributed by atoms with Crippen LogP contribution in [0, 0.1) is 0 Å². The highest BCUT2D eigenvalue weighted by molar-refractivity contribution is 5.50. The molecule has 0 unspecified atom stereocenters. The molecule has 0 aliphatic carbocycles. The van der Waals surface area contributed by atoms with Crippen molar-refractivity contribution in [2.45, 2.75) is 6.54 Å². The number of aromatic hydroxyl groups is 1. The van der Waals surface area contributed by atoms with Gasteiger partial charge in [-0.05, 0) is 0 Å². The van der Waals surface area contributed by atoms with E-state index in [4.69, 9.17) is 14.7 Å². The van der Waals surface area contributed by atoms with Crippen LogP contribution in [0.3, 0.4) is 0 Å². The molecule has 1 aromatic rings. The van der Waals surface area contributed by atoms with E-state index < -0.39 is 0 Å². The second-order valence-corrected chi connectivity index (χ2v) is 2.66. The lowest BCUT2D eigenvalue weighted by atomic mass is 10.1. The SMILES string of the molecule is COc1cc(O)cc(OC)c1CNO. The van der Waals surface area contributed by atoms with Gasteiger partial charge >= 0.3 is 0 Å². The third kappa shape index (κ3) is 2.07. The van der Waals surface area contributed by atoms with Crippen molar-refractivity contribution in [1.82, 2.24) is 5.48 Å². The van der Waals surface area contributed by atoms with Crippen molar-refractivity contribution in [3.8, 4) is 17.2 Å². The lowest BCUT2D eigenvalue weighted by molar-refractivity contribution is 0.159. The number of rotatable bonds is 4. The van der Waals surface area contributed by atoms with Crippen LogP contribution in [-0.4, -0.2) is 24.5 Å². The summed E-state index contributed by atoms with van der Waals surface area (Å²) in [6.45, 7) is 0.187. The molecule has 1 rings (SSSR count). The van der Waals surface area contributed by atoms with Gasteiger partial charge in [-0.15, -0.1) is 0 Å². The van der Waals surface area contributed by atoms with Crippen molar-refractivity contribution in [2.24, 2.45) is 0 Å². The predicted molar refractivity (Wildman–Crippen MR) is 49.8 cm³/mol. The highest BCUT2D eigenvalue weighted by Gasteiger charge is 2.11. The zero-order valence-corrected chi connectivity index (χ0v) is 8.07. The van der Waals surface area contributed by atoms with Gasteiger partial charge in [0, 0.05) is 12.1 Å². The highest BCUT2D eigenvalue weighted by Crippen LogP contribution is 2.33. The lowest BCUT2D eigenvalue weighted by Gasteiger charge is -2.12. The van der Waals surface area contributed by atoms with Crippen LogP contribution in [0.1, 0.15) is 5.56 Å². The van der Waals surface area contributed by atoms with Gasteiger partial charge in [0.1, 0.15) is 17.2 Å². The molecule has 0 spiro atoms. The normalized spacial score (nSPS) is 9.93. The zero-order valence-electron chi connectivity index (χ0n) is 8.07. The molecule has 5 heteroatoms. The van der Waals surface area contributed by atoms with Crippen molar-refractivity contribution in [1.29, 1.82) is 0 Å². The van der Waals surface area contributed by atoms with Crippen molar-refractivity contribution in [3.63, 3.8) is 0 Å². The lowest BCUT2D eigenvalue weighted by Crippen LogP contribution is -2.09. The highest BCUT2D eigenvalue weighted by atomic mass is 16.5. The molecule has 1 aromatic carbocycles. The molecule has 0 amide bonds. The smallest absolute Gasteiger partial charge is 0.130 e. The summed E-state index contributed by atoms with van der Waals surface area (Å²) in [5.74, 6) is 0.979. The Morgan fingerprint density at radius 1 is 1.21 bits per heavy atom. The molecule has 0 bridgehead atoms. The van der Waals surface area contributed by atoms with E-state index in [1.165, 1.54) is 26.4 Å². The van der Waals surface area contributed by atoms with Crippen molar-refractivity contribution in [3.05, 3.63) is 17.7 Å². The number of hydrogen-bond acceptors (Lipinski definition) is 5. The summed E-state index contributed by atoms with van der Waals surface area (Å²) in [6, 6.07) is 2.91. The van der Waals surface area contributed by atoms with Gasteiger partial charge in [-0.1, -0.05) is 0 Å². The molecular formula is C9H13NO4. The first-order valence-electron chi connectivity index (χ1n) is 4.03. The topological polar surface area (TPSA) is 71.0 Å². The molecule has 0 aromatic heterocycles. The number of methoxy groups -OCH3 is 2. The number of phenolic OH excluding ortho intramolecular Hbond substituents is 1. The molecule has 3 N–H and O–H groups in total. The first-order chi connectivity index (χ1) is 6.72. The number of nitrogens with one attached hydrogen (secondary N) is 1. The van der Waals surface area contributed by atoms with Crippen LogP contribution in [-0.2, 0) is 6.54 Å². The second-order valence-electron chi connectivity index (χ2n) is 2.66. The Morgan fingerprint density at radius 3 is 2.07 bits per heavy atom. The Kier molecular flexibility index (Phi) is 3.55. The molecule has 0 saturated carbocycles. The Bertz CT molecular complexity index is 289. The first-order valence-corrected chi connectivity index (χ1v) is 4.03. The van der Waals surface area contributed by atoms with Crippen molar-refractivity contribution < 1.29 is 19.8 Å². The van der Waals surface area contributed by atoms with Crippen LogP contribution in [0.4, 0.5) is 0 Å². The molecule has 0 aliphatic rings. The summed E-state index contributed by atoms with van der Waals surface area (Å²) in [5, 5.41) is 17.9. The van der Waals surface area contributed by atoms with E-state index in [0.29, 0.717) is 17.1 Å². The van der Waals surface area contributed by atoms with E-state index >= 15 is 0 Å². The van der Waals surface area contributed by atoms with E-state index in [0.717, 1.165) is 0 Å². The van der Waals surface area contributed by atoms with E-state index in [-0.39, 0.29) is 12.3 Å². The fourth-order valence-corrected chi connectivity index (χ4v) is 1.22. The van der Waals surface area contributed by atoms with Gasteiger partial charge in [0.15, 0.2) is 0 Å². The predicted octanol–water partition coefficient (Wildman–Crippen LogP) is 0.888. The van der Waals surface area contributed by atoms with Gasteiger partial charge in [-0.2, -0.15) is 0 Å². The summed E-state index contributed by atoms with van der Waals surface area (Å²) < 4.78 is 10.1. The fourth-order valence-electron chi connectivity index (χ4n) is 1.22. The van der Waals surface area contributed by atoms with E-state index in [1.54, 1.807) is 0 Å². The molecule has 0 fully saturated rings. The molecule has 0 heterocycles. The van der Waals surface area contributed by atoms with Gasteiger partial charge in [-0.25, -0.2) is 5.48 Å². The van der Waals surface area contributed by atoms with E-state index in [9.17, 15) is 5.11 Å². The van der Waals surface area contributed by atoms with Crippen molar-refractivity contribution in [2.75, 3.05) is 14.2 Å². The third-order valence-electron chi connectivity index (χ3n) is 1.85. The number of benzene rings is 1. The summed E-state index contributed by atoms with van der Waals surface area (Å²) in [5.41, 5.74) is 2.66. The second kappa shape index (κ2) is 4.69. The third-order valence-corrected chi connectivity index (χ3v) is 1.85. The quantitative estimate of drug-likeness (QED) is 0.628. The number of hydroxylamine groups is 1. The van der Waals surface area contributed by atoms with Gasteiger partial charge < -0.3 is 19.8 Å². The van der Waals surface area contributed by atoms with Crippen LogP contribution in [0.25, 0.3) is 0 Å². The number of ether oxygens (including phenoxy) is 2. The molecule has 0 saturated heterocycles. The van der Waals surface area contributed by atoms with Crippen LogP contribution in [0.15, 0.2) is 12.1 Å². The largest absolute Gasteiger partial charge is 0.508 e. The molecule has 78 valence electrons. The molecule has 0 atom stereocenters. The van der Waals surface area contributed by atoms with Crippen LogP contribution >= 0.6 is 0 Å². The molecule has 14 heavy (non-hydrogen) atoms. The van der Waals surface area contributed by atoms with Gasteiger partial charge in [-0.3, -0.25) is 0 Å². The van der Waals surface area contributed by atoms with Crippen LogP contribution in [0.5, 0.6) is 17.2 Å². The summed E-state index contributed by atoms with van der Waals surface area (Å²) in [7, 11) is 2.96.